The molecular weight excluding hydrogens is 226 g/mol. The third-order valence-electron chi connectivity index (χ3n) is 3.59. The molecule has 0 amide bonds. The molecule has 0 saturated carbocycles. The lowest BCUT2D eigenvalue weighted by Gasteiger charge is -2.31. The zero-order valence-corrected chi connectivity index (χ0v) is 11.1. The fourth-order valence-electron chi connectivity index (χ4n) is 2.22. The molecule has 2 N–H and O–H groups in total. The van der Waals surface area contributed by atoms with Crippen molar-refractivity contribution in [2.24, 2.45) is 0 Å². The standard InChI is InChI=1S/C14H21N3O/c1-11-4-3-5-12(14(11)15)13(18)10-17-8-6-16(2)7-9-17/h3-5H,6-10,15H2,1-2H3. The smallest absolute Gasteiger partial charge is 0.178 e. The van der Waals surface area contributed by atoms with Crippen molar-refractivity contribution in [3.05, 3.63) is 29.3 Å². The molecule has 0 bridgehead atoms. The molecule has 18 heavy (non-hydrogen) atoms. The largest absolute Gasteiger partial charge is 0.398 e. The summed E-state index contributed by atoms with van der Waals surface area (Å²) in [6.07, 6.45) is 0. The summed E-state index contributed by atoms with van der Waals surface area (Å²) >= 11 is 0. The van der Waals surface area contributed by atoms with Crippen LogP contribution in [0.2, 0.25) is 0 Å². The molecule has 1 aromatic carbocycles. The molecule has 1 fully saturated rings. The molecule has 0 radical (unpaired) electrons. The van der Waals surface area contributed by atoms with Crippen molar-refractivity contribution in [3.8, 4) is 0 Å². The van der Waals surface area contributed by atoms with Crippen molar-refractivity contribution in [2.75, 3.05) is 45.5 Å². The summed E-state index contributed by atoms with van der Waals surface area (Å²) in [5.41, 5.74) is 8.22. The molecule has 1 heterocycles. The third kappa shape index (κ3) is 2.89. The van der Waals surface area contributed by atoms with Crippen LogP contribution >= 0.6 is 0 Å². The number of hydrogen-bond donors (Lipinski definition) is 1. The Kier molecular flexibility index (Phi) is 3.99. The topological polar surface area (TPSA) is 49.6 Å². The highest BCUT2D eigenvalue weighted by molar-refractivity contribution is 6.02. The number of carbonyl (C=O) groups excluding carboxylic acids is 1. The van der Waals surface area contributed by atoms with Gasteiger partial charge in [-0.05, 0) is 25.6 Å². The minimum absolute atomic E-state index is 0.126. The molecule has 0 spiro atoms. The Bertz CT molecular complexity index is 437. The van der Waals surface area contributed by atoms with E-state index in [0.717, 1.165) is 31.7 Å². The molecular formula is C14H21N3O. The number of likely N-dealkylation sites (N-methyl/N-ethyl adjacent to an activating group) is 1. The van der Waals surface area contributed by atoms with Crippen LogP contribution in [0.25, 0.3) is 0 Å². The van der Waals surface area contributed by atoms with Crippen LogP contribution in [-0.4, -0.2) is 55.4 Å². The van der Waals surface area contributed by atoms with E-state index in [1.165, 1.54) is 0 Å². The first-order chi connectivity index (χ1) is 8.58. The van der Waals surface area contributed by atoms with E-state index in [4.69, 9.17) is 5.73 Å². The van der Waals surface area contributed by atoms with E-state index >= 15 is 0 Å². The Balaban J connectivity index is 2.01. The highest BCUT2D eigenvalue weighted by Crippen LogP contribution is 2.17. The summed E-state index contributed by atoms with van der Waals surface area (Å²) in [4.78, 5) is 16.7. The first-order valence-electron chi connectivity index (χ1n) is 6.37. The minimum Gasteiger partial charge on any atom is -0.398 e. The van der Waals surface area contributed by atoms with Gasteiger partial charge < -0.3 is 10.6 Å². The zero-order valence-electron chi connectivity index (χ0n) is 11.1. The monoisotopic (exact) mass is 247 g/mol. The molecule has 1 aliphatic rings. The number of benzene rings is 1. The van der Waals surface area contributed by atoms with E-state index in [-0.39, 0.29) is 5.78 Å². The van der Waals surface area contributed by atoms with Gasteiger partial charge in [-0.15, -0.1) is 0 Å². The van der Waals surface area contributed by atoms with E-state index in [9.17, 15) is 4.79 Å². The minimum atomic E-state index is 0.126. The molecule has 0 atom stereocenters. The SMILES string of the molecule is Cc1cccc(C(=O)CN2CCN(C)CC2)c1N. The molecule has 0 unspecified atom stereocenters. The van der Waals surface area contributed by atoms with Crippen LogP contribution in [0.4, 0.5) is 5.69 Å². The van der Waals surface area contributed by atoms with Gasteiger partial charge in [-0.3, -0.25) is 9.69 Å². The summed E-state index contributed by atoms with van der Waals surface area (Å²) in [5, 5.41) is 0. The molecule has 0 aromatic heterocycles. The van der Waals surface area contributed by atoms with E-state index in [1.807, 2.05) is 25.1 Å². The molecule has 0 aliphatic carbocycles. The van der Waals surface area contributed by atoms with E-state index < -0.39 is 0 Å². The maximum absolute atomic E-state index is 12.2. The van der Waals surface area contributed by atoms with Crippen LogP contribution in [0.1, 0.15) is 15.9 Å². The lowest BCUT2D eigenvalue weighted by Crippen LogP contribution is -2.46. The number of ketones is 1. The molecule has 2 rings (SSSR count). The van der Waals surface area contributed by atoms with Crippen LogP contribution in [0, 0.1) is 6.92 Å². The average Bonchev–Trinajstić information content (AvgIpc) is 2.35. The Morgan fingerprint density at radius 3 is 2.61 bits per heavy atom. The van der Waals surface area contributed by atoms with Crippen molar-refractivity contribution in [3.63, 3.8) is 0 Å². The van der Waals surface area contributed by atoms with Gasteiger partial charge in [0.1, 0.15) is 0 Å². The Morgan fingerprint density at radius 2 is 1.94 bits per heavy atom. The lowest BCUT2D eigenvalue weighted by molar-refractivity contribution is 0.0877. The molecule has 98 valence electrons. The number of carbonyl (C=O) groups is 1. The molecule has 1 saturated heterocycles. The van der Waals surface area contributed by atoms with Crippen molar-refractivity contribution >= 4 is 11.5 Å². The van der Waals surface area contributed by atoms with Crippen LogP contribution in [0.3, 0.4) is 0 Å². The highest BCUT2D eigenvalue weighted by Gasteiger charge is 2.18. The quantitative estimate of drug-likeness (QED) is 0.639. The predicted octanol–water partition coefficient (Wildman–Crippen LogP) is 1.01. The lowest BCUT2D eigenvalue weighted by atomic mass is 10.0. The van der Waals surface area contributed by atoms with Gasteiger partial charge in [-0.1, -0.05) is 12.1 Å². The average molecular weight is 247 g/mol. The van der Waals surface area contributed by atoms with Crippen LogP contribution < -0.4 is 5.73 Å². The number of rotatable bonds is 3. The van der Waals surface area contributed by atoms with Crippen molar-refractivity contribution in [1.29, 1.82) is 0 Å². The van der Waals surface area contributed by atoms with Gasteiger partial charge in [0.2, 0.25) is 0 Å². The number of nitrogens with two attached hydrogens (primary N) is 1. The second kappa shape index (κ2) is 5.50. The summed E-state index contributed by atoms with van der Waals surface area (Å²) in [7, 11) is 2.11. The predicted molar refractivity (Wildman–Crippen MR) is 73.9 cm³/mol. The molecule has 4 nitrogen and oxygen atoms in total. The normalized spacial score (nSPS) is 17.9. The van der Waals surface area contributed by atoms with E-state index in [0.29, 0.717) is 17.8 Å². The molecule has 1 aromatic rings. The number of piperazine rings is 1. The first-order valence-corrected chi connectivity index (χ1v) is 6.37. The summed E-state index contributed by atoms with van der Waals surface area (Å²) in [6.45, 7) is 6.36. The zero-order chi connectivity index (χ0) is 13.1. The summed E-state index contributed by atoms with van der Waals surface area (Å²) in [5.74, 6) is 0.126. The Labute approximate surface area is 108 Å². The second-order valence-corrected chi connectivity index (χ2v) is 5.04. The van der Waals surface area contributed by atoms with Gasteiger partial charge in [0, 0.05) is 37.4 Å². The fourth-order valence-corrected chi connectivity index (χ4v) is 2.22. The number of hydrogen-bond acceptors (Lipinski definition) is 4. The first kappa shape index (κ1) is 13.1. The van der Waals surface area contributed by atoms with Gasteiger partial charge in [0.25, 0.3) is 0 Å². The number of aryl methyl sites for hydroxylation is 1. The second-order valence-electron chi connectivity index (χ2n) is 5.04. The van der Waals surface area contributed by atoms with Gasteiger partial charge in [-0.2, -0.15) is 0 Å². The van der Waals surface area contributed by atoms with Crippen molar-refractivity contribution in [2.45, 2.75) is 6.92 Å². The molecule has 4 heteroatoms. The van der Waals surface area contributed by atoms with E-state index in [2.05, 4.69) is 16.8 Å². The van der Waals surface area contributed by atoms with Crippen LogP contribution in [0.15, 0.2) is 18.2 Å². The number of anilines is 1. The number of Topliss-reactive ketones (excluding diaryl/α,β-unsaturated/α-hetero) is 1. The van der Waals surface area contributed by atoms with Crippen molar-refractivity contribution < 1.29 is 4.79 Å². The van der Waals surface area contributed by atoms with Crippen LogP contribution in [0.5, 0.6) is 0 Å². The van der Waals surface area contributed by atoms with Gasteiger partial charge in [0.05, 0.1) is 6.54 Å². The van der Waals surface area contributed by atoms with Gasteiger partial charge in [-0.25, -0.2) is 0 Å². The van der Waals surface area contributed by atoms with Gasteiger partial charge >= 0.3 is 0 Å². The summed E-state index contributed by atoms with van der Waals surface area (Å²) < 4.78 is 0. The number of nitrogen functional groups attached to an aromatic ring is 1. The Hall–Kier alpha value is -1.39. The van der Waals surface area contributed by atoms with E-state index in [1.54, 1.807) is 0 Å². The van der Waals surface area contributed by atoms with Crippen molar-refractivity contribution in [1.82, 2.24) is 9.80 Å². The number of para-hydroxylation sites is 1. The number of nitrogens with zero attached hydrogens (tertiary/aromatic N) is 2. The van der Waals surface area contributed by atoms with Crippen LogP contribution in [-0.2, 0) is 0 Å². The maximum atomic E-state index is 12.2. The van der Waals surface area contributed by atoms with Gasteiger partial charge in [0.15, 0.2) is 5.78 Å². The highest BCUT2D eigenvalue weighted by atomic mass is 16.1. The summed E-state index contributed by atoms with van der Waals surface area (Å²) in [6, 6.07) is 5.64. The fraction of sp³-hybridized carbons (Fsp3) is 0.500. The molecule has 1 aliphatic heterocycles. The third-order valence-corrected chi connectivity index (χ3v) is 3.59. The Morgan fingerprint density at radius 1 is 1.28 bits per heavy atom. The maximum Gasteiger partial charge on any atom is 0.178 e.